The van der Waals surface area contributed by atoms with Crippen LogP contribution in [0.3, 0.4) is 0 Å². The molecule has 0 unspecified atom stereocenters. The lowest BCUT2D eigenvalue weighted by molar-refractivity contribution is 0.0451. The molecule has 0 saturated heterocycles. The Bertz CT molecular complexity index is 1380. The van der Waals surface area contributed by atoms with E-state index in [2.05, 4.69) is 20.3 Å². The number of carbonyl (C=O) groups is 1. The number of H-pyrrole nitrogens is 1. The van der Waals surface area contributed by atoms with Crippen LogP contribution in [0.1, 0.15) is 48.6 Å². The quantitative estimate of drug-likeness (QED) is 0.383. The molecule has 1 aromatic carbocycles. The molecular weight excluding hydrogens is 426 g/mol. The minimum Gasteiger partial charge on any atom is -0.453 e. The van der Waals surface area contributed by atoms with Gasteiger partial charge in [0.25, 0.3) is 5.56 Å². The first kappa shape index (κ1) is 22.2. The van der Waals surface area contributed by atoms with E-state index in [9.17, 15) is 14.4 Å². The molecule has 0 atom stereocenters. The number of fused-ring (bicyclic) bond motifs is 1. The summed E-state index contributed by atoms with van der Waals surface area (Å²) in [7, 11) is 0. The SMILES string of the molecule is CCCCn1c(=O)[nH]c(=O)c2c1nc(COC(=O)c1cn(Cc3ccccc3)nn1)n2CC. The molecule has 0 saturated carbocycles. The molecule has 11 nitrogen and oxygen atoms in total. The zero-order valence-electron chi connectivity index (χ0n) is 18.5. The van der Waals surface area contributed by atoms with Crippen molar-refractivity contribution in [1.29, 1.82) is 0 Å². The molecule has 11 heteroatoms. The molecule has 0 aliphatic heterocycles. The smallest absolute Gasteiger partial charge is 0.360 e. The maximum absolute atomic E-state index is 12.5. The number of carbonyl (C=O) groups excluding carboxylic acids is 1. The van der Waals surface area contributed by atoms with Crippen LogP contribution < -0.4 is 11.2 Å². The van der Waals surface area contributed by atoms with E-state index in [4.69, 9.17) is 4.74 Å². The molecule has 3 aromatic heterocycles. The average Bonchev–Trinajstić information content (AvgIpc) is 3.43. The highest BCUT2D eigenvalue weighted by Crippen LogP contribution is 2.14. The van der Waals surface area contributed by atoms with Crippen molar-refractivity contribution in [3.63, 3.8) is 0 Å². The number of hydrogen-bond acceptors (Lipinski definition) is 7. The van der Waals surface area contributed by atoms with Crippen molar-refractivity contribution in [2.75, 3.05) is 0 Å². The van der Waals surface area contributed by atoms with Crippen LogP contribution in [0.25, 0.3) is 11.2 Å². The Morgan fingerprint density at radius 1 is 1.12 bits per heavy atom. The third-order valence-corrected chi connectivity index (χ3v) is 5.28. The van der Waals surface area contributed by atoms with Gasteiger partial charge in [0.15, 0.2) is 16.9 Å². The number of unbranched alkanes of at least 4 members (excludes halogenated alkanes) is 1. The largest absolute Gasteiger partial charge is 0.453 e. The van der Waals surface area contributed by atoms with Crippen molar-refractivity contribution >= 4 is 17.1 Å². The number of nitrogens with one attached hydrogen (secondary N) is 1. The van der Waals surface area contributed by atoms with E-state index >= 15 is 0 Å². The normalized spacial score (nSPS) is 11.2. The molecule has 1 N–H and O–H groups in total. The van der Waals surface area contributed by atoms with Gasteiger partial charge < -0.3 is 9.30 Å². The molecule has 33 heavy (non-hydrogen) atoms. The Kier molecular flexibility index (Phi) is 6.48. The topological polar surface area (TPSA) is 130 Å². The van der Waals surface area contributed by atoms with Gasteiger partial charge in [-0.2, -0.15) is 0 Å². The summed E-state index contributed by atoms with van der Waals surface area (Å²) in [4.78, 5) is 44.1. The lowest BCUT2D eigenvalue weighted by atomic mass is 10.2. The Labute approximate surface area is 188 Å². The molecule has 0 spiro atoms. The minimum absolute atomic E-state index is 0.0720. The van der Waals surface area contributed by atoms with E-state index in [0.29, 0.717) is 31.1 Å². The van der Waals surface area contributed by atoms with E-state index in [1.54, 1.807) is 9.25 Å². The molecule has 0 aliphatic rings. The summed E-state index contributed by atoms with van der Waals surface area (Å²) < 4.78 is 10.1. The van der Waals surface area contributed by atoms with E-state index < -0.39 is 17.2 Å². The van der Waals surface area contributed by atoms with Gasteiger partial charge in [-0.1, -0.05) is 48.9 Å². The summed E-state index contributed by atoms with van der Waals surface area (Å²) >= 11 is 0. The standard InChI is InChI=1S/C22H25N7O4/c1-3-5-11-29-19-18(20(30)24-22(29)32)28(4-2)17(23-19)14-33-21(31)16-13-27(26-25-16)12-15-9-7-6-8-10-15/h6-10,13H,3-5,11-12,14H2,1-2H3,(H,24,30,32). The van der Waals surface area contributed by atoms with Crippen LogP contribution in [-0.4, -0.2) is 40.1 Å². The fourth-order valence-electron chi connectivity index (χ4n) is 3.64. The summed E-state index contributed by atoms with van der Waals surface area (Å²) in [6, 6.07) is 9.68. The number of aromatic nitrogens is 7. The first-order valence-electron chi connectivity index (χ1n) is 10.8. The second kappa shape index (κ2) is 9.63. The first-order chi connectivity index (χ1) is 16.0. The van der Waals surface area contributed by atoms with Gasteiger partial charge in [-0.05, 0) is 18.9 Å². The van der Waals surface area contributed by atoms with Crippen molar-refractivity contribution in [3.05, 3.63) is 74.4 Å². The van der Waals surface area contributed by atoms with E-state index in [1.807, 2.05) is 44.2 Å². The maximum Gasteiger partial charge on any atom is 0.360 e. The fraction of sp³-hybridized carbons (Fsp3) is 0.364. The molecule has 0 bridgehead atoms. The highest BCUT2D eigenvalue weighted by atomic mass is 16.5. The van der Waals surface area contributed by atoms with Crippen molar-refractivity contribution in [3.8, 4) is 0 Å². The van der Waals surface area contributed by atoms with Crippen LogP contribution >= 0.6 is 0 Å². The number of esters is 1. The fourth-order valence-corrected chi connectivity index (χ4v) is 3.64. The van der Waals surface area contributed by atoms with Crippen LogP contribution in [0.5, 0.6) is 0 Å². The number of ether oxygens (including phenoxy) is 1. The molecule has 172 valence electrons. The van der Waals surface area contributed by atoms with Crippen LogP contribution in [0.2, 0.25) is 0 Å². The monoisotopic (exact) mass is 451 g/mol. The van der Waals surface area contributed by atoms with Gasteiger partial charge in [0, 0.05) is 13.1 Å². The number of imidazole rings is 1. The lowest BCUT2D eigenvalue weighted by Crippen LogP contribution is -2.31. The van der Waals surface area contributed by atoms with Crippen molar-refractivity contribution in [2.24, 2.45) is 0 Å². The minimum atomic E-state index is -0.652. The van der Waals surface area contributed by atoms with Crippen LogP contribution in [0.4, 0.5) is 0 Å². The summed E-state index contributed by atoms with van der Waals surface area (Å²) in [6.45, 7) is 5.03. The zero-order valence-corrected chi connectivity index (χ0v) is 18.5. The first-order valence-corrected chi connectivity index (χ1v) is 10.8. The average molecular weight is 451 g/mol. The highest BCUT2D eigenvalue weighted by molar-refractivity contribution is 5.86. The Morgan fingerprint density at radius 2 is 1.91 bits per heavy atom. The van der Waals surface area contributed by atoms with E-state index in [-0.39, 0.29) is 17.8 Å². The van der Waals surface area contributed by atoms with Gasteiger partial charge in [-0.25, -0.2) is 19.3 Å². The number of hydrogen-bond donors (Lipinski definition) is 1. The molecule has 0 aliphatic carbocycles. The van der Waals surface area contributed by atoms with Gasteiger partial charge in [0.2, 0.25) is 0 Å². The highest BCUT2D eigenvalue weighted by Gasteiger charge is 2.20. The second-order valence-corrected chi connectivity index (χ2v) is 7.57. The summed E-state index contributed by atoms with van der Waals surface area (Å²) in [6.07, 6.45) is 3.17. The van der Waals surface area contributed by atoms with Crippen molar-refractivity contribution in [1.82, 2.24) is 34.1 Å². The van der Waals surface area contributed by atoms with Gasteiger partial charge in [0.05, 0.1) is 12.7 Å². The predicted octanol–water partition coefficient (Wildman–Crippen LogP) is 1.70. The number of aromatic amines is 1. The van der Waals surface area contributed by atoms with Crippen LogP contribution in [0, 0.1) is 0 Å². The number of nitrogens with zero attached hydrogens (tertiary/aromatic N) is 6. The summed E-state index contributed by atoms with van der Waals surface area (Å²) in [5.74, 6) is -0.278. The van der Waals surface area contributed by atoms with Gasteiger partial charge >= 0.3 is 11.7 Å². The summed E-state index contributed by atoms with van der Waals surface area (Å²) in [5, 5.41) is 7.87. The maximum atomic E-state index is 12.5. The van der Waals surface area contributed by atoms with Crippen LogP contribution in [0.15, 0.2) is 46.1 Å². The van der Waals surface area contributed by atoms with Gasteiger partial charge in [-0.15, -0.1) is 5.10 Å². The van der Waals surface area contributed by atoms with E-state index in [1.165, 1.54) is 10.8 Å². The molecular formula is C22H25N7O4. The predicted molar refractivity (Wildman–Crippen MR) is 120 cm³/mol. The van der Waals surface area contributed by atoms with E-state index in [0.717, 1.165) is 18.4 Å². The molecule has 0 fully saturated rings. The molecule has 0 amide bonds. The number of aryl methyl sites for hydroxylation is 2. The molecule has 0 radical (unpaired) electrons. The third-order valence-electron chi connectivity index (χ3n) is 5.28. The number of rotatable bonds is 9. The Morgan fingerprint density at radius 3 is 2.64 bits per heavy atom. The Balaban J connectivity index is 1.54. The second-order valence-electron chi connectivity index (χ2n) is 7.57. The van der Waals surface area contributed by atoms with Crippen molar-refractivity contribution < 1.29 is 9.53 Å². The molecule has 3 heterocycles. The zero-order chi connectivity index (χ0) is 23.4. The van der Waals surface area contributed by atoms with Gasteiger partial charge in [-0.3, -0.25) is 14.3 Å². The van der Waals surface area contributed by atoms with Gasteiger partial charge in [0.1, 0.15) is 12.4 Å². The number of benzene rings is 1. The Hall–Kier alpha value is -4.02. The summed E-state index contributed by atoms with van der Waals surface area (Å²) in [5.41, 5.74) is 0.659. The van der Waals surface area contributed by atoms with Crippen molar-refractivity contribution in [2.45, 2.75) is 52.9 Å². The molecule has 4 rings (SSSR count). The van der Waals surface area contributed by atoms with Crippen LogP contribution in [-0.2, 0) is 31.0 Å². The third kappa shape index (κ3) is 4.61. The molecule has 4 aromatic rings. The lowest BCUT2D eigenvalue weighted by Gasteiger charge is -2.06.